The third-order valence-electron chi connectivity index (χ3n) is 8.79. The molecule has 3 aliphatic rings. The molecule has 1 aliphatic carbocycles. The number of carbonyl (C=O) groups is 2. The zero-order valence-corrected chi connectivity index (χ0v) is 27.0. The van der Waals surface area contributed by atoms with Crippen molar-refractivity contribution < 1.29 is 29.3 Å². The van der Waals surface area contributed by atoms with Crippen LogP contribution >= 0.6 is 0 Å². The van der Waals surface area contributed by atoms with Gasteiger partial charge in [-0.1, -0.05) is 73.6 Å². The molecule has 0 unspecified atom stereocenters. The lowest BCUT2D eigenvalue weighted by Gasteiger charge is -2.36. The molecular weight excluding hydrogens is 576 g/mol. The highest BCUT2D eigenvalue weighted by Crippen LogP contribution is 2.56. The molecule has 0 atom stereocenters. The number of ether oxygens (including phenoxy) is 2. The first-order chi connectivity index (χ1) is 22.0. The first-order valence-electron chi connectivity index (χ1n) is 15.5. The molecule has 6 heteroatoms. The van der Waals surface area contributed by atoms with E-state index in [1.807, 2.05) is 31.2 Å². The Hall–Kier alpha value is -5.10. The average Bonchev–Trinajstić information content (AvgIpc) is 3.29. The number of hydrogen-bond donors (Lipinski definition) is 2. The summed E-state index contributed by atoms with van der Waals surface area (Å²) in [4.78, 5) is 22.9. The lowest BCUT2D eigenvalue weighted by molar-refractivity contribution is -0.104. The molecular formula is C40H40O6. The van der Waals surface area contributed by atoms with Crippen LogP contribution in [0.4, 0.5) is 0 Å². The maximum Gasteiger partial charge on any atom is 0.340 e. The topological polar surface area (TPSA) is 93.1 Å². The predicted octanol–water partition coefficient (Wildman–Crippen LogP) is 9.38. The van der Waals surface area contributed by atoms with Gasteiger partial charge in [-0.2, -0.15) is 0 Å². The highest BCUT2D eigenvalue weighted by atomic mass is 16.6. The van der Waals surface area contributed by atoms with Crippen LogP contribution in [0.5, 0.6) is 23.0 Å². The molecule has 2 heterocycles. The molecule has 2 N–H and O–H groups in total. The largest absolute Gasteiger partial charge is 0.508 e. The van der Waals surface area contributed by atoms with Crippen LogP contribution in [-0.2, 0) is 15.1 Å². The number of esters is 1. The Labute approximate surface area is 270 Å². The molecule has 6 rings (SSSR count). The second kappa shape index (κ2) is 13.1. The highest BCUT2D eigenvalue weighted by Gasteiger charge is 2.53. The molecule has 2 aliphatic heterocycles. The Morgan fingerprint density at radius 2 is 1.48 bits per heavy atom. The van der Waals surface area contributed by atoms with Crippen molar-refractivity contribution in [3.8, 4) is 23.0 Å². The molecule has 236 valence electrons. The van der Waals surface area contributed by atoms with E-state index in [9.17, 15) is 19.8 Å². The second-order valence-corrected chi connectivity index (χ2v) is 12.7. The van der Waals surface area contributed by atoms with Gasteiger partial charge in [-0.25, -0.2) is 4.79 Å². The van der Waals surface area contributed by atoms with Crippen LogP contribution in [0.1, 0.15) is 80.9 Å². The molecule has 3 aromatic carbocycles. The minimum Gasteiger partial charge on any atom is -0.508 e. The summed E-state index contributed by atoms with van der Waals surface area (Å²) in [5.74, 6) is 0.408. The van der Waals surface area contributed by atoms with Crippen molar-refractivity contribution in [2.45, 2.75) is 59.5 Å². The van der Waals surface area contributed by atoms with Crippen LogP contribution in [0.3, 0.4) is 0 Å². The van der Waals surface area contributed by atoms with Crippen LogP contribution in [0.15, 0.2) is 119 Å². The molecule has 3 aromatic rings. The molecule has 0 amide bonds. The molecule has 46 heavy (non-hydrogen) atoms. The Morgan fingerprint density at radius 3 is 2.11 bits per heavy atom. The summed E-state index contributed by atoms with van der Waals surface area (Å²) in [6.45, 7) is 10.9. The Bertz CT molecular complexity index is 1780. The van der Waals surface area contributed by atoms with Crippen molar-refractivity contribution in [3.63, 3.8) is 0 Å². The molecule has 0 saturated heterocycles. The van der Waals surface area contributed by atoms with Crippen LogP contribution in [0.25, 0.3) is 0 Å². The summed E-state index contributed by atoms with van der Waals surface area (Å²) in [5, 5.41) is 19.7. The minimum atomic E-state index is -1.17. The smallest absolute Gasteiger partial charge is 0.340 e. The lowest BCUT2D eigenvalue weighted by atomic mass is 9.72. The number of benzene rings is 3. The second-order valence-electron chi connectivity index (χ2n) is 12.7. The van der Waals surface area contributed by atoms with E-state index in [0.717, 1.165) is 11.9 Å². The monoisotopic (exact) mass is 616 g/mol. The van der Waals surface area contributed by atoms with Gasteiger partial charge in [0.2, 0.25) is 0 Å². The van der Waals surface area contributed by atoms with Gasteiger partial charge < -0.3 is 19.7 Å². The number of phenols is 2. The fourth-order valence-electron chi connectivity index (χ4n) is 6.45. The minimum absolute atomic E-state index is 0.0371. The van der Waals surface area contributed by atoms with Gasteiger partial charge in [0.05, 0.1) is 5.56 Å². The van der Waals surface area contributed by atoms with Crippen molar-refractivity contribution in [1.29, 1.82) is 0 Å². The van der Waals surface area contributed by atoms with E-state index in [-0.39, 0.29) is 16.9 Å². The maximum atomic E-state index is 12.5. The maximum absolute atomic E-state index is 12.5. The SMILES string of the molecule is CC1=C(/C=C/C(C)=C/C=C/C(C)=C/C=O)C(C)(C)CCC1.O=C1OC2(c3ccc(O)cc3Oc3cc(O)ccc32)c2ccccc21. The number of aromatic hydroxyl groups is 2. The molecule has 0 aromatic heterocycles. The summed E-state index contributed by atoms with van der Waals surface area (Å²) in [6, 6.07) is 16.6. The van der Waals surface area contributed by atoms with Crippen molar-refractivity contribution in [2.75, 3.05) is 0 Å². The normalized spacial score (nSPS) is 18.0. The van der Waals surface area contributed by atoms with Crippen molar-refractivity contribution >= 4 is 12.3 Å². The summed E-state index contributed by atoms with van der Waals surface area (Å²) >= 11 is 0. The van der Waals surface area contributed by atoms with Crippen LogP contribution in [0, 0.1) is 5.41 Å². The van der Waals surface area contributed by atoms with E-state index >= 15 is 0 Å². The third kappa shape index (κ3) is 6.34. The summed E-state index contributed by atoms with van der Waals surface area (Å²) in [5.41, 5.74) is 6.76. The van der Waals surface area contributed by atoms with Crippen molar-refractivity contribution in [2.24, 2.45) is 5.41 Å². The van der Waals surface area contributed by atoms with Crippen LogP contribution in [0.2, 0.25) is 0 Å². The predicted molar refractivity (Wildman–Crippen MR) is 180 cm³/mol. The van der Waals surface area contributed by atoms with Gasteiger partial charge in [0.15, 0.2) is 5.60 Å². The number of phenolic OH excluding ortho intramolecular Hbond substituents is 2. The summed E-state index contributed by atoms with van der Waals surface area (Å²) in [7, 11) is 0. The Kier molecular flexibility index (Phi) is 9.19. The number of aldehydes is 1. The molecule has 0 saturated carbocycles. The first-order valence-corrected chi connectivity index (χ1v) is 15.5. The average molecular weight is 617 g/mol. The van der Waals surface area contributed by atoms with Gasteiger partial charge >= 0.3 is 5.97 Å². The highest BCUT2D eigenvalue weighted by molar-refractivity contribution is 5.97. The fraction of sp³-hybridized carbons (Fsp3) is 0.250. The van der Waals surface area contributed by atoms with E-state index in [0.29, 0.717) is 33.8 Å². The van der Waals surface area contributed by atoms with Gasteiger partial charge in [0, 0.05) is 28.8 Å². The molecule has 0 radical (unpaired) electrons. The van der Waals surface area contributed by atoms with E-state index in [4.69, 9.17) is 9.47 Å². The van der Waals surface area contributed by atoms with Crippen molar-refractivity contribution in [3.05, 3.63) is 142 Å². The summed E-state index contributed by atoms with van der Waals surface area (Å²) in [6.07, 6.45) is 16.6. The van der Waals surface area contributed by atoms with Gasteiger partial charge in [0.25, 0.3) is 0 Å². The zero-order valence-electron chi connectivity index (χ0n) is 27.0. The van der Waals surface area contributed by atoms with Gasteiger partial charge in [-0.15, -0.1) is 0 Å². The third-order valence-corrected chi connectivity index (χ3v) is 8.79. The molecule has 1 spiro atoms. The van der Waals surface area contributed by atoms with Gasteiger partial charge in [-0.3, -0.25) is 4.79 Å². The van der Waals surface area contributed by atoms with E-state index in [2.05, 4.69) is 45.9 Å². The number of fused-ring (bicyclic) bond motifs is 6. The Morgan fingerprint density at radius 1 is 0.848 bits per heavy atom. The lowest BCUT2D eigenvalue weighted by Crippen LogP contribution is -2.32. The zero-order chi connectivity index (χ0) is 33.1. The Balaban J connectivity index is 0.000000185. The van der Waals surface area contributed by atoms with Crippen molar-refractivity contribution in [1.82, 2.24) is 0 Å². The first kappa shape index (κ1) is 32.3. The molecule has 0 bridgehead atoms. The van der Waals surface area contributed by atoms with E-state index in [1.165, 1.54) is 60.2 Å². The van der Waals surface area contributed by atoms with Gasteiger partial charge in [0.1, 0.15) is 29.3 Å². The number of allylic oxidation sites excluding steroid dienone is 10. The number of rotatable bonds is 5. The van der Waals surface area contributed by atoms with E-state index in [1.54, 1.807) is 30.3 Å². The molecule has 0 fully saturated rings. The number of carbonyl (C=O) groups excluding carboxylic acids is 2. The fourth-order valence-corrected chi connectivity index (χ4v) is 6.45. The van der Waals surface area contributed by atoms with E-state index < -0.39 is 11.6 Å². The van der Waals surface area contributed by atoms with Crippen LogP contribution < -0.4 is 4.74 Å². The standard InChI is InChI=1S/C20H12O5.C20H28O/c21-11-5-7-15-17(9-11)24-18-10-12(22)6-8-16(18)20(15)14-4-2-1-3-13(14)19(23)25-20;1-16(8-6-9-17(2)13-15-21)11-12-19-18(3)10-7-14-20(19,4)5/h1-10,21-22H;6,8-9,11-13,15H,7,10,14H2,1-5H3/b;9-6+,12-11+,16-8+,17-13+. The summed E-state index contributed by atoms with van der Waals surface area (Å²) < 4.78 is 11.8. The molecule has 6 nitrogen and oxygen atoms in total. The quantitative estimate of drug-likeness (QED) is 0.128. The number of hydrogen-bond acceptors (Lipinski definition) is 6. The van der Waals surface area contributed by atoms with Crippen LogP contribution in [-0.4, -0.2) is 22.5 Å². The van der Waals surface area contributed by atoms with Gasteiger partial charge in [-0.05, 0) is 93.0 Å².